The van der Waals surface area contributed by atoms with Crippen LogP contribution in [-0.2, 0) is 9.59 Å². The summed E-state index contributed by atoms with van der Waals surface area (Å²) in [6, 6.07) is 6.60. The summed E-state index contributed by atoms with van der Waals surface area (Å²) < 4.78 is 0. The Labute approximate surface area is 177 Å². The van der Waals surface area contributed by atoms with E-state index in [1.54, 1.807) is 12.1 Å². The first kappa shape index (κ1) is 21.6. The highest BCUT2D eigenvalue weighted by atomic mass is 35.5. The number of carbonyl (C=O) groups excluding carboxylic acids is 3. The van der Waals surface area contributed by atoms with Crippen LogP contribution in [0.15, 0.2) is 24.3 Å². The Morgan fingerprint density at radius 1 is 1.28 bits per heavy atom. The van der Waals surface area contributed by atoms with Gasteiger partial charge in [0.1, 0.15) is 12.1 Å². The van der Waals surface area contributed by atoms with Crippen LogP contribution < -0.4 is 10.6 Å². The molecule has 7 heteroatoms. The van der Waals surface area contributed by atoms with Gasteiger partial charge in [-0.2, -0.15) is 0 Å². The van der Waals surface area contributed by atoms with Gasteiger partial charge in [0, 0.05) is 5.02 Å². The minimum absolute atomic E-state index is 0.0409. The molecule has 2 N–H and O–H groups in total. The topological polar surface area (TPSA) is 78.5 Å². The molecule has 0 aromatic heterocycles. The zero-order valence-corrected chi connectivity index (χ0v) is 18.3. The Morgan fingerprint density at radius 3 is 2.52 bits per heavy atom. The number of benzene rings is 1. The molecule has 1 aliphatic carbocycles. The molecule has 1 spiro atoms. The van der Waals surface area contributed by atoms with Crippen LogP contribution in [-0.4, -0.2) is 34.8 Å². The Kier molecular flexibility index (Phi) is 5.95. The van der Waals surface area contributed by atoms with E-state index in [1.807, 2.05) is 19.1 Å². The lowest BCUT2D eigenvalue weighted by Gasteiger charge is -2.43. The lowest BCUT2D eigenvalue weighted by molar-refractivity contribution is -0.137. The predicted molar refractivity (Wildman–Crippen MR) is 112 cm³/mol. The van der Waals surface area contributed by atoms with Gasteiger partial charge < -0.3 is 10.6 Å². The molecule has 2 aliphatic rings. The SMILES string of the molecule is CCC(NC(=O)CN1C(=O)NC2(CC(C)CC(C)(C)C2)C1=O)c1ccc(Cl)cc1. The van der Waals surface area contributed by atoms with E-state index >= 15 is 0 Å². The molecule has 1 saturated heterocycles. The number of rotatable bonds is 5. The van der Waals surface area contributed by atoms with Crippen molar-refractivity contribution < 1.29 is 14.4 Å². The van der Waals surface area contributed by atoms with Gasteiger partial charge in [0.05, 0.1) is 6.04 Å². The maximum absolute atomic E-state index is 13.2. The van der Waals surface area contributed by atoms with Crippen molar-refractivity contribution in [2.75, 3.05) is 6.54 Å². The number of hydrogen-bond donors (Lipinski definition) is 2. The first-order valence-electron chi connectivity index (χ1n) is 10.2. The predicted octanol–water partition coefficient (Wildman–Crippen LogP) is 4.04. The fourth-order valence-electron chi connectivity index (χ4n) is 5.15. The van der Waals surface area contributed by atoms with Gasteiger partial charge in [0.2, 0.25) is 5.91 Å². The highest BCUT2D eigenvalue weighted by molar-refractivity contribution is 6.30. The summed E-state index contributed by atoms with van der Waals surface area (Å²) in [6.07, 6.45) is 2.90. The summed E-state index contributed by atoms with van der Waals surface area (Å²) in [5.41, 5.74) is 0.00128. The fraction of sp³-hybridized carbons (Fsp3) is 0.591. The third kappa shape index (κ3) is 4.58. The standard InChI is InChI=1S/C22H30ClN3O3/c1-5-17(15-6-8-16(23)9-7-15)24-18(27)12-26-19(28)22(25-20(26)29)11-14(2)10-21(3,4)13-22/h6-9,14,17H,5,10-13H2,1-4H3,(H,24,27)(H,25,29). The van der Waals surface area contributed by atoms with Crippen molar-refractivity contribution >= 4 is 29.4 Å². The van der Waals surface area contributed by atoms with Gasteiger partial charge in [-0.05, 0) is 54.7 Å². The van der Waals surface area contributed by atoms with E-state index in [2.05, 4.69) is 31.4 Å². The molecule has 3 rings (SSSR count). The molecule has 3 unspecified atom stereocenters. The summed E-state index contributed by atoms with van der Waals surface area (Å²) in [4.78, 5) is 39.5. The van der Waals surface area contributed by atoms with Crippen molar-refractivity contribution in [1.82, 2.24) is 15.5 Å². The quantitative estimate of drug-likeness (QED) is 0.707. The molecule has 1 aliphatic heterocycles. The maximum Gasteiger partial charge on any atom is 0.325 e. The number of halogens is 1. The van der Waals surface area contributed by atoms with Crippen LogP contribution in [0.1, 0.15) is 65.0 Å². The van der Waals surface area contributed by atoms with Crippen LogP contribution >= 0.6 is 11.6 Å². The number of nitrogens with one attached hydrogen (secondary N) is 2. The van der Waals surface area contributed by atoms with Crippen molar-refractivity contribution in [2.45, 2.75) is 65.0 Å². The minimum atomic E-state index is -0.890. The van der Waals surface area contributed by atoms with E-state index < -0.39 is 11.6 Å². The zero-order valence-electron chi connectivity index (χ0n) is 17.5. The molecule has 158 valence electrons. The lowest BCUT2D eigenvalue weighted by atomic mass is 9.64. The molecule has 4 amide bonds. The number of nitrogens with zero attached hydrogens (tertiary/aromatic N) is 1. The van der Waals surface area contributed by atoms with Crippen LogP contribution in [0.5, 0.6) is 0 Å². The van der Waals surface area contributed by atoms with E-state index in [1.165, 1.54) is 0 Å². The highest BCUT2D eigenvalue weighted by Gasteiger charge is 2.56. The molecule has 1 heterocycles. The fourth-order valence-corrected chi connectivity index (χ4v) is 5.28. The Hall–Kier alpha value is -2.08. The van der Waals surface area contributed by atoms with E-state index in [9.17, 15) is 14.4 Å². The summed E-state index contributed by atoms with van der Waals surface area (Å²) in [5.74, 6) is -0.307. The van der Waals surface area contributed by atoms with Crippen molar-refractivity contribution in [3.8, 4) is 0 Å². The van der Waals surface area contributed by atoms with E-state index in [-0.39, 0.29) is 29.8 Å². The zero-order chi connectivity index (χ0) is 21.4. The van der Waals surface area contributed by atoms with Gasteiger partial charge in [-0.3, -0.25) is 14.5 Å². The maximum atomic E-state index is 13.2. The lowest BCUT2D eigenvalue weighted by Crippen LogP contribution is -2.54. The number of amides is 4. The second kappa shape index (κ2) is 7.98. The highest BCUT2D eigenvalue weighted by Crippen LogP contribution is 2.46. The molecule has 0 bridgehead atoms. The molecule has 3 atom stereocenters. The van der Waals surface area contributed by atoms with E-state index in [4.69, 9.17) is 11.6 Å². The molecule has 6 nitrogen and oxygen atoms in total. The van der Waals surface area contributed by atoms with Gasteiger partial charge in [-0.25, -0.2) is 4.79 Å². The van der Waals surface area contributed by atoms with E-state index in [0.717, 1.165) is 16.9 Å². The third-order valence-corrected chi connectivity index (χ3v) is 6.19. The van der Waals surface area contributed by atoms with Gasteiger partial charge in [-0.1, -0.05) is 51.4 Å². The number of imide groups is 1. The van der Waals surface area contributed by atoms with Gasteiger partial charge in [-0.15, -0.1) is 0 Å². The van der Waals surface area contributed by atoms with Crippen LogP contribution in [0.2, 0.25) is 5.02 Å². The third-order valence-electron chi connectivity index (χ3n) is 5.94. The average Bonchev–Trinajstić information content (AvgIpc) is 2.82. The molecular weight excluding hydrogens is 390 g/mol. The monoisotopic (exact) mass is 419 g/mol. The normalized spacial score (nSPS) is 27.1. The van der Waals surface area contributed by atoms with Crippen molar-refractivity contribution in [1.29, 1.82) is 0 Å². The van der Waals surface area contributed by atoms with Crippen molar-refractivity contribution in [3.05, 3.63) is 34.9 Å². The Bertz CT molecular complexity index is 808. The Balaban J connectivity index is 1.69. The Morgan fingerprint density at radius 2 is 1.93 bits per heavy atom. The van der Waals surface area contributed by atoms with Crippen molar-refractivity contribution in [2.24, 2.45) is 11.3 Å². The van der Waals surface area contributed by atoms with Gasteiger partial charge >= 0.3 is 6.03 Å². The second-order valence-electron chi connectivity index (χ2n) is 9.34. The number of carbonyl (C=O) groups is 3. The molecule has 1 saturated carbocycles. The summed E-state index contributed by atoms with van der Waals surface area (Å²) in [6.45, 7) is 8.04. The number of urea groups is 1. The van der Waals surface area contributed by atoms with Gasteiger partial charge in [0.15, 0.2) is 0 Å². The van der Waals surface area contributed by atoms with Crippen molar-refractivity contribution in [3.63, 3.8) is 0 Å². The molecule has 1 aromatic rings. The minimum Gasteiger partial charge on any atom is -0.348 e. The summed E-state index contributed by atoms with van der Waals surface area (Å²) in [5, 5.41) is 6.47. The first-order chi connectivity index (χ1) is 13.5. The molecule has 0 radical (unpaired) electrons. The van der Waals surface area contributed by atoms with E-state index in [0.29, 0.717) is 30.2 Å². The molecule has 29 heavy (non-hydrogen) atoms. The number of hydrogen-bond acceptors (Lipinski definition) is 3. The average molecular weight is 420 g/mol. The first-order valence-corrected chi connectivity index (χ1v) is 10.6. The van der Waals surface area contributed by atoms with Crippen LogP contribution in [0, 0.1) is 11.3 Å². The summed E-state index contributed by atoms with van der Waals surface area (Å²) >= 11 is 5.94. The van der Waals surface area contributed by atoms with Crippen LogP contribution in [0.25, 0.3) is 0 Å². The van der Waals surface area contributed by atoms with Crippen LogP contribution in [0.3, 0.4) is 0 Å². The molecular formula is C22H30ClN3O3. The molecule has 2 fully saturated rings. The second-order valence-corrected chi connectivity index (χ2v) is 9.77. The summed E-state index contributed by atoms with van der Waals surface area (Å²) in [7, 11) is 0. The molecule has 1 aromatic carbocycles. The smallest absolute Gasteiger partial charge is 0.325 e. The van der Waals surface area contributed by atoms with Crippen LogP contribution in [0.4, 0.5) is 4.79 Å². The van der Waals surface area contributed by atoms with Gasteiger partial charge in [0.25, 0.3) is 5.91 Å². The largest absolute Gasteiger partial charge is 0.348 e.